The molecular formula is C11H11ClFNO2. The van der Waals surface area contributed by atoms with Crippen molar-refractivity contribution in [2.75, 3.05) is 12.5 Å². The Morgan fingerprint density at radius 3 is 3.19 bits per heavy atom. The van der Waals surface area contributed by atoms with Gasteiger partial charge in [0, 0.05) is 12.0 Å². The molecule has 1 unspecified atom stereocenters. The van der Waals surface area contributed by atoms with Gasteiger partial charge in [0.2, 0.25) is 5.91 Å². The lowest BCUT2D eigenvalue weighted by Crippen LogP contribution is -2.32. The van der Waals surface area contributed by atoms with Crippen LogP contribution in [0, 0.1) is 5.82 Å². The number of alkyl halides is 1. The Balaban J connectivity index is 2.24. The van der Waals surface area contributed by atoms with E-state index in [9.17, 15) is 9.18 Å². The van der Waals surface area contributed by atoms with Crippen LogP contribution in [0.4, 0.5) is 4.39 Å². The number of halogens is 2. The highest BCUT2D eigenvalue weighted by Gasteiger charge is 2.23. The maximum atomic E-state index is 13.1. The molecule has 1 atom stereocenters. The third kappa shape index (κ3) is 2.27. The van der Waals surface area contributed by atoms with Gasteiger partial charge in [-0.05, 0) is 18.2 Å². The predicted octanol–water partition coefficient (Wildman–Crippen LogP) is 2.00. The molecule has 3 nitrogen and oxygen atoms in total. The van der Waals surface area contributed by atoms with Gasteiger partial charge >= 0.3 is 0 Å². The van der Waals surface area contributed by atoms with Crippen LogP contribution >= 0.6 is 11.6 Å². The van der Waals surface area contributed by atoms with Gasteiger partial charge in [-0.2, -0.15) is 0 Å². The topological polar surface area (TPSA) is 38.3 Å². The highest BCUT2D eigenvalue weighted by molar-refractivity contribution is 6.27. The largest absolute Gasteiger partial charge is 0.493 e. The third-order valence-corrected chi connectivity index (χ3v) is 2.71. The summed E-state index contributed by atoms with van der Waals surface area (Å²) in [6.07, 6.45) is 0.624. The fraction of sp³-hybridized carbons (Fsp3) is 0.364. The monoisotopic (exact) mass is 243 g/mol. The second-order valence-corrected chi connectivity index (χ2v) is 3.84. The van der Waals surface area contributed by atoms with E-state index < -0.39 is 0 Å². The van der Waals surface area contributed by atoms with Crippen LogP contribution in [0.3, 0.4) is 0 Å². The Kier molecular flexibility index (Phi) is 3.29. The number of benzene rings is 1. The predicted molar refractivity (Wildman–Crippen MR) is 58.1 cm³/mol. The standard InChI is InChI=1S/C11H11ClFNO2/c12-6-11(15)14-9-3-4-16-10-2-1-7(13)5-8(9)10/h1-2,5,9H,3-4,6H2,(H,14,15). The van der Waals surface area contributed by atoms with E-state index in [1.807, 2.05) is 0 Å². The van der Waals surface area contributed by atoms with E-state index >= 15 is 0 Å². The summed E-state index contributed by atoms with van der Waals surface area (Å²) in [5.74, 6) is -0.0761. The summed E-state index contributed by atoms with van der Waals surface area (Å²) in [5.41, 5.74) is 0.671. The quantitative estimate of drug-likeness (QED) is 0.807. The number of fused-ring (bicyclic) bond motifs is 1. The van der Waals surface area contributed by atoms with E-state index in [0.29, 0.717) is 24.3 Å². The van der Waals surface area contributed by atoms with Gasteiger partial charge in [0.05, 0.1) is 12.6 Å². The molecule has 1 aromatic carbocycles. The summed E-state index contributed by atoms with van der Waals surface area (Å²) < 4.78 is 18.5. The SMILES string of the molecule is O=C(CCl)NC1CCOc2ccc(F)cc21. The fourth-order valence-electron chi connectivity index (χ4n) is 1.75. The van der Waals surface area contributed by atoms with Crippen LogP contribution in [0.5, 0.6) is 5.75 Å². The van der Waals surface area contributed by atoms with Crippen LogP contribution in [0.15, 0.2) is 18.2 Å². The Morgan fingerprint density at radius 1 is 1.62 bits per heavy atom. The average molecular weight is 244 g/mol. The molecule has 1 aliphatic rings. The van der Waals surface area contributed by atoms with Crippen LogP contribution in [0.2, 0.25) is 0 Å². The molecule has 86 valence electrons. The van der Waals surface area contributed by atoms with Gasteiger partial charge in [-0.25, -0.2) is 4.39 Å². The fourth-order valence-corrected chi connectivity index (χ4v) is 1.83. The van der Waals surface area contributed by atoms with Crippen LogP contribution < -0.4 is 10.1 Å². The normalized spacial score (nSPS) is 18.5. The van der Waals surface area contributed by atoms with Gasteiger partial charge in [-0.15, -0.1) is 11.6 Å². The molecule has 1 amide bonds. The number of hydrogen-bond acceptors (Lipinski definition) is 2. The first-order chi connectivity index (χ1) is 7.70. The molecule has 0 aromatic heterocycles. The van der Waals surface area contributed by atoms with Crippen molar-refractivity contribution in [3.8, 4) is 5.75 Å². The van der Waals surface area contributed by atoms with Crippen LogP contribution in [0.1, 0.15) is 18.0 Å². The summed E-state index contributed by atoms with van der Waals surface area (Å²) in [4.78, 5) is 11.2. The van der Waals surface area contributed by atoms with Crippen LogP contribution in [-0.4, -0.2) is 18.4 Å². The van der Waals surface area contributed by atoms with Crippen molar-refractivity contribution in [1.29, 1.82) is 0 Å². The number of carbonyl (C=O) groups excluding carboxylic acids is 1. The first-order valence-corrected chi connectivity index (χ1v) is 5.51. The summed E-state index contributed by atoms with van der Waals surface area (Å²) in [6, 6.07) is 4.08. The summed E-state index contributed by atoms with van der Waals surface area (Å²) in [7, 11) is 0. The molecule has 0 spiro atoms. The summed E-state index contributed by atoms with van der Waals surface area (Å²) in [6.45, 7) is 0.506. The van der Waals surface area contributed by atoms with Gasteiger partial charge < -0.3 is 10.1 Å². The van der Waals surface area contributed by atoms with E-state index in [0.717, 1.165) is 0 Å². The van der Waals surface area contributed by atoms with Crippen LogP contribution in [0.25, 0.3) is 0 Å². The van der Waals surface area contributed by atoms with Gasteiger partial charge in [0.25, 0.3) is 0 Å². The Bertz CT molecular complexity index is 411. The minimum absolute atomic E-state index is 0.0952. The number of nitrogens with one attached hydrogen (secondary N) is 1. The van der Waals surface area contributed by atoms with E-state index in [2.05, 4.69) is 5.32 Å². The van der Waals surface area contributed by atoms with Crippen molar-refractivity contribution in [2.24, 2.45) is 0 Å². The first-order valence-electron chi connectivity index (χ1n) is 4.98. The van der Waals surface area contributed by atoms with Gasteiger partial charge in [0.1, 0.15) is 17.4 Å². The molecule has 0 radical (unpaired) electrons. The molecule has 0 aliphatic carbocycles. The molecule has 0 saturated heterocycles. The van der Waals surface area contributed by atoms with Gasteiger partial charge in [0.15, 0.2) is 0 Å². The van der Waals surface area contributed by atoms with E-state index in [4.69, 9.17) is 16.3 Å². The van der Waals surface area contributed by atoms with Crippen molar-refractivity contribution >= 4 is 17.5 Å². The summed E-state index contributed by atoms with van der Waals surface area (Å²) >= 11 is 5.41. The zero-order chi connectivity index (χ0) is 11.5. The zero-order valence-electron chi connectivity index (χ0n) is 8.50. The Hall–Kier alpha value is -1.29. The van der Waals surface area contributed by atoms with Gasteiger partial charge in [-0.1, -0.05) is 0 Å². The van der Waals surface area contributed by atoms with E-state index in [-0.39, 0.29) is 23.6 Å². The minimum Gasteiger partial charge on any atom is -0.493 e. The van der Waals surface area contributed by atoms with Crippen molar-refractivity contribution in [3.63, 3.8) is 0 Å². The second-order valence-electron chi connectivity index (χ2n) is 3.57. The lowest BCUT2D eigenvalue weighted by atomic mass is 10.0. The minimum atomic E-state index is -0.339. The molecule has 1 aromatic rings. The van der Waals surface area contributed by atoms with Crippen molar-refractivity contribution < 1.29 is 13.9 Å². The number of rotatable bonds is 2. The highest BCUT2D eigenvalue weighted by atomic mass is 35.5. The average Bonchev–Trinajstić information content (AvgIpc) is 2.29. The summed E-state index contributed by atoms with van der Waals surface area (Å²) in [5, 5.41) is 2.73. The maximum Gasteiger partial charge on any atom is 0.235 e. The number of ether oxygens (including phenoxy) is 1. The molecule has 5 heteroatoms. The number of carbonyl (C=O) groups is 1. The lowest BCUT2D eigenvalue weighted by Gasteiger charge is -2.26. The van der Waals surface area contributed by atoms with Crippen LogP contribution in [-0.2, 0) is 4.79 Å². The first kappa shape index (κ1) is 11.2. The molecular weight excluding hydrogens is 233 g/mol. The number of hydrogen-bond donors (Lipinski definition) is 1. The Morgan fingerprint density at radius 2 is 2.44 bits per heavy atom. The molecule has 16 heavy (non-hydrogen) atoms. The van der Waals surface area contributed by atoms with Crippen molar-refractivity contribution in [1.82, 2.24) is 5.32 Å². The second kappa shape index (κ2) is 4.70. The third-order valence-electron chi connectivity index (χ3n) is 2.47. The smallest absolute Gasteiger partial charge is 0.235 e. The van der Waals surface area contributed by atoms with E-state index in [1.165, 1.54) is 12.1 Å². The molecule has 1 heterocycles. The molecule has 1 aliphatic heterocycles. The molecule has 0 saturated carbocycles. The molecule has 1 N–H and O–H groups in total. The molecule has 0 fully saturated rings. The van der Waals surface area contributed by atoms with E-state index in [1.54, 1.807) is 6.07 Å². The Labute approximate surface area is 97.5 Å². The highest BCUT2D eigenvalue weighted by Crippen LogP contribution is 2.32. The lowest BCUT2D eigenvalue weighted by molar-refractivity contribution is -0.119. The van der Waals surface area contributed by atoms with Crippen molar-refractivity contribution in [3.05, 3.63) is 29.6 Å². The molecule has 0 bridgehead atoms. The zero-order valence-corrected chi connectivity index (χ0v) is 9.26. The maximum absolute atomic E-state index is 13.1. The number of amides is 1. The molecule has 2 rings (SSSR count). The van der Waals surface area contributed by atoms with Gasteiger partial charge in [-0.3, -0.25) is 4.79 Å². The van der Waals surface area contributed by atoms with Crippen molar-refractivity contribution in [2.45, 2.75) is 12.5 Å².